The summed E-state index contributed by atoms with van der Waals surface area (Å²) in [5.74, 6) is -0.640. The number of carbonyl (C=O) groups is 1. The third-order valence-electron chi connectivity index (χ3n) is 7.02. The van der Waals surface area contributed by atoms with E-state index in [1.807, 2.05) is 30.3 Å². The van der Waals surface area contributed by atoms with Gasteiger partial charge in [-0.05, 0) is 24.6 Å². The summed E-state index contributed by atoms with van der Waals surface area (Å²) in [6, 6.07) is 8.99. The molecule has 1 rings (SSSR count). The first-order chi connectivity index (χ1) is 18.4. The van der Waals surface area contributed by atoms with Crippen LogP contribution in [-0.4, -0.2) is 48.8 Å². The van der Waals surface area contributed by atoms with E-state index in [4.69, 9.17) is 4.74 Å². The molecule has 1 aromatic carbocycles. The van der Waals surface area contributed by atoms with Gasteiger partial charge in [0, 0.05) is 12.5 Å². The zero-order valence-corrected chi connectivity index (χ0v) is 24.6. The summed E-state index contributed by atoms with van der Waals surface area (Å²) < 4.78 is 37.9. The molecule has 1 aromatic rings. The molecule has 6 nitrogen and oxygen atoms in total. The van der Waals surface area contributed by atoms with Crippen molar-refractivity contribution in [1.82, 2.24) is 4.90 Å². The number of nitrogens with zero attached hydrogens (tertiary/aromatic N) is 1. The van der Waals surface area contributed by atoms with Crippen LogP contribution in [-0.2, 0) is 26.1 Å². The van der Waals surface area contributed by atoms with Crippen LogP contribution < -0.4 is 0 Å². The quantitative estimate of drug-likeness (QED) is 0.0760. The van der Waals surface area contributed by atoms with Crippen LogP contribution in [0, 0.1) is 0 Å². The Hall–Kier alpha value is -1.86. The molecule has 1 N–H and O–H groups in total. The maximum atomic E-state index is 12.1. The van der Waals surface area contributed by atoms with Crippen molar-refractivity contribution in [2.24, 2.45) is 0 Å². The first kappa shape index (κ1) is 34.2. The molecule has 7 heteroatoms. The predicted octanol–water partition coefficient (Wildman–Crippen LogP) is 7.74. The summed E-state index contributed by atoms with van der Waals surface area (Å²) in [5.41, 5.74) is 0.957. The van der Waals surface area contributed by atoms with Gasteiger partial charge in [-0.25, -0.2) is 0 Å². The average Bonchev–Trinajstić information content (AvgIpc) is 2.88. The van der Waals surface area contributed by atoms with Gasteiger partial charge in [0.1, 0.15) is 6.61 Å². The van der Waals surface area contributed by atoms with Gasteiger partial charge < -0.3 is 9.64 Å². The monoisotopic (exact) mass is 551 g/mol. The Bertz CT molecular complexity index is 828. The van der Waals surface area contributed by atoms with Crippen LogP contribution in [0.3, 0.4) is 0 Å². The highest BCUT2D eigenvalue weighted by Crippen LogP contribution is 2.15. The van der Waals surface area contributed by atoms with Gasteiger partial charge in [0.25, 0.3) is 10.1 Å². The van der Waals surface area contributed by atoms with E-state index in [2.05, 4.69) is 13.5 Å². The molecule has 0 aliphatic rings. The minimum atomic E-state index is -4.17. The number of unbranched alkanes of at least 4 members (excludes halogenated alkanes) is 14. The zero-order valence-electron chi connectivity index (χ0n) is 23.8. The molecular weight excluding hydrogens is 498 g/mol. The van der Waals surface area contributed by atoms with Crippen LogP contribution in [0.1, 0.15) is 115 Å². The highest BCUT2D eigenvalue weighted by Gasteiger charge is 2.22. The molecule has 0 saturated carbocycles. The molecule has 218 valence electrons. The maximum absolute atomic E-state index is 12.1. The number of carbonyl (C=O) groups excluding carboxylic acids is 1. The molecule has 0 saturated heterocycles. The Morgan fingerprint density at radius 2 is 1.39 bits per heavy atom. The molecule has 0 aliphatic heterocycles. The number of benzene rings is 1. The number of hydrogen-bond donors (Lipinski definition) is 1. The standard InChI is InChI=1S/C31H53NO5S/c1-3-5-6-7-8-9-10-11-12-13-14-15-16-17-21-24-31(33)37-26-25-32(4-2)30(28-38(34,35)36)27-29-22-19-18-20-23-29/h4,18-20,22-23,30H,2-3,5-17,21,24-28H2,1H3,(H,34,35,36). The van der Waals surface area contributed by atoms with Gasteiger partial charge in [-0.3, -0.25) is 9.35 Å². The molecule has 0 heterocycles. The maximum Gasteiger partial charge on any atom is 0.305 e. The van der Waals surface area contributed by atoms with Crippen molar-refractivity contribution in [3.63, 3.8) is 0 Å². The van der Waals surface area contributed by atoms with E-state index >= 15 is 0 Å². The minimum absolute atomic E-state index is 0.153. The zero-order chi connectivity index (χ0) is 27.9. The second-order valence-corrected chi connectivity index (χ2v) is 11.9. The Kier molecular flexibility index (Phi) is 19.8. The lowest BCUT2D eigenvalue weighted by Crippen LogP contribution is -2.40. The molecule has 0 radical (unpaired) electrons. The fourth-order valence-corrected chi connectivity index (χ4v) is 5.60. The summed E-state index contributed by atoms with van der Waals surface area (Å²) in [4.78, 5) is 13.9. The van der Waals surface area contributed by atoms with Crippen molar-refractivity contribution in [3.05, 3.63) is 48.7 Å². The SMILES string of the molecule is C=CN(CCOC(=O)CCCCCCCCCCCCCCCCC)C(Cc1ccccc1)CS(=O)(=O)O. The van der Waals surface area contributed by atoms with E-state index in [0.29, 0.717) is 19.4 Å². The third kappa shape index (κ3) is 19.2. The van der Waals surface area contributed by atoms with E-state index in [9.17, 15) is 17.8 Å². The third-order valence-corrected chi connectivity index (χ3v) is 7.82. The van der Waals surface area contributed by atoms with Gasteiger partial charge in [0.2, 0.25) is 0 Å². The van der Waals surface area contributed by atoms with Crippen molar-refractivity contribution in [2.75, 3.05) is 18.9 Å². The number of esters is 1. The van der Waals surface area contributed by atoms with E-state index in [-0.39, 0.29) is 12.6 Å². The molecule has 0 amide bonds. The van der Waals surface area contributed by atoms with Crippen molar-refractivity contribution in [2.45, 2.75) is 122 Å². The lowest BCUT2D eigenvalue weighted by molar-refractivity contribution is -0.144. The molecule has 0 spiro atoms. The normalized spacial score (nSPS) is 12.3. The molecular formula is C31H53NO5S. The Balaban J connectivity index is 2.12. The molecule has 1 unspecified atom stereocenters. The van der Waals surface area contributed by atoms with Crippen molar-refractivity contribution in [3.8, 4) is 0 Å². The van der Waals surface area contributed by atoms with E-state index < -0.39 is 21.9 Å². The first-order valence-corrected chi connectivity index (χ1v) is 16.5. The summed E-state index contributed by atoms with van der Waals surface area (Å²) in [5, 5.41) is 0. The Morgan fingerprint density at radius 3 is 1.87 bits per heavy atom. The molecule has 0 fully saturated rings. The van der Waals surface area contributed by atoms with Crippen LogP contribution >= 0.6 is 0 Å². The fraction of sp³-hybridized carbons (Fsp3) is 0.710. The van der Waals surface area contributed by atoms with Gasteiger partial charge in [0.05, 0.1) is 12.3 Å². The highest BCUT2D eigenvalue weighted by atomic mass is 32.2. The molecule has 0 bridgehead atoms. The van der Waals surface area contributed by atoms with Crippen molar-refractivity contribution in [1.29, 1.82) is 0 Å². The number of ether oxygens (including phenoxy) is 1. The predicted molar refractivity (Wildman–Crippen MR) is 158 cm³/mol. The second-order valence-electron chi connectivity index (χ2n) is 10.4. The number of rotatable bonds is 25. The van der Waals surface area contributed by atoms with Crippen LogP contribution in [0.5, 0.6) is 0 Å². The fourth-order valence-electron chi connectivity index (χ4n) is 4.80. The summed E-state index contributed by atoms with van der Waals surface area (Å²) >= 11 is 0. The van der Waals surface area contributed by atoms with Crippen LogP contribution in [0.2, 0.25) is 0 Å². The Labute approximate surface area is 233 Å². The summed E-state index contributed by atoms with van der Waals surface area (Å²) in [6.07, 6.45) is 21.6. The average molecular weight is 552 g/mol. The molecule has 1 atom stereocenters. The van der Waals surface area contributed by atoms with Crippen molar-refractivity contribution >= 4 is 16.1 Å². The van der Waals surface area contributed by atoms with Gasteiger partial charge in [0.15, 0.2) is 0 Å². The lowest BCUT2D eigenvalue weighted by Gasteiger charge is -2.29. The van der Waals surface area contributed by atoms with Gasteiger partial charge in [-0.1, -0.05) is 134 Å². The minimum Gasteiger partial charge on any atom is -0.464 e. The van der Waals surface area contributed by atoms with Crippen LogP contribution in [0.4, 0.5) is 0 Å². The topological polar surface area (TPSA) is 83.9 Å². The molecule has 0 aliphatic carbocycles. The largest absolute Gasteiger partial charge is 0.464 e. The van der Waals surface area contributed by atoms with E-state index in [1.54, 1.807) is 11.1 Å². The summed E-state index contributed by atoms with van der Waals surface area (Å²) in [6.45, 7) is 6.52. The van der Waals surface area contributed by atoms with Gasteiger partial charge in [-0.15, -0.1) is 0 Å². The number of hydrogen-bond acceptors (Lipinski definition) is 5. The van der Waals surface area contributed by atoms with Crippen LogP contribution in [0.25, 0.3) is 0 Å². The second kappa shape index (κ2) is 22.0. The van der Waals surface area contributed by atoms with E-state index in [0.717, 1.165) is 24.8 Å². The summed E-state index contributed by atoms with van der Waals surface area (Å²) in [7, 11) is -4.17. The lowest BCUT2D eigenvalue weighted by atomic mass is 10.0. The highest BCUT2D eigenvalue weighted by molar-refractivity contribution is 7.85. The van der Waals surface area contributed by atoms with E-state index in [1.165, 1.54) is 77.0 Å². The first-order valence-electron chi connectivity index (χ1n) is 14.9. The smallest absolute Gasteiger partial charge is 0.305 e. The van der Waals surface area contributed by atoms with Gasteiger partial charge in [-0.2, -0.15) is 8.42 Å². The van der Waals surface area contributed by atoms with Crippen molar-refractivity contribution < 1.29 is 22.5 Å². The molecule has 0 aromatic heterocycles. The van der Waals surface area contributed by atoms with Crippen LogP contribution in [0.15, 0.2) is 43.1 Å². The Morgan fingerprint density at radius 1 is 0.895 bits per heavy atom. The molecule has 38 heavy (non-hydrogen) atoms. The van der Waals surface area contributed by atoms with Gasteiger partial charge >= 0.3 is 5.97 Å².